The number of rotatable bonds is 2. The molecule has 28 heavy (non-hydrogen) atoms. The maximum Gasteiger partial charge on any atom is 0.150 e. The van der Waals surface area contributed by atoms with Crippen molar-refractivity contribution in [3.05, 3.63) is 66.4 Å². The van der Waals surface area contributed by atoms with Crippen molar-refractivity contribution in [3.63, 3.8) is 0 Å². The summed E-state index contributed by atoms with van der Waals surface area (Å²) in [6, 6.07) is 19.4. The van der Waals surface area contributed by atoms with Gasteiger partial charge in [0, 0.05) is 12.6 Å². The molecule has 144 valence electrons. The number of nitrogens with two attached hydrogens (primary N) is 4. The summed E-state index contributed by atoms with van der Waals surface area (Å²) in [5.41, 5.74) is 27.6. The van der Waals surface area contributed by atoms with Crippen LogP contribution in [0.25, 0.3) is 16.9 Å². The van der Waals surface area contributed by atoms with Gasteiger partial charge in [0.25, 0.3) is 0 Å². The molecular formula is C20H24N8. The van der Waals surface area contributed by atoms with E-state index in [4.69, 9.17) is 22.9 Å². The maximum absolute atomic E-state index is 5.83. The minimum absolute atomic E-state index is 0.494. The zero-order valence-electron chi connectivity index (χ0n) is 15.9. The lowest BCUT2D eigenvalue weighted by Gasteiger charge is -2.02. The van der Waals surface area contributed by atoms with Gasteiger partial charge in [-0.15, -0.1) is 0 Å². The van der Waals surface area contributed by atoms with Gasteiger partial charge >= 0.3 is 0 Å². The molecule has 0 atom stereocenters. The highest BCUT2D eigenvalue weighted by molar-refractivity contribution is 5.80. The number of nitrogen functional groups attached to an aromatic ring is 4. The Kier molecular flexibility index (Phi) is 5.21. The highest BCUT2D eigenvalue weighted by atomic mass is 15.3. The van der Waals surface area contributed by atoms with Crippen molar-refractivity contribution in [2.75, 3.05) is 22.9 Å². The Morgan fingerprint density at radius 2 is 1.29 bits per heavy atom. The van der Waals surface area contributed by atoms with Crippen LogP contribution in [0.4, 0.5) is 23.0 Å². The van der Waals surface area contributed by atoms with Gasteiger partial charge in [-0.3, -0.25) is 4.68 Å². The molecule has 0 unspecified atom stereocenters. The quantitative estimate of drug-likeness (QED) is 0.424. The number of nitrogens with zero attached hydrogens (tertiary/aromatic N) is 4. The summed E-state index contributed by atoms with van der Waals surface area (Å²) in [4.78, 5) is 0. The second-order valence-corrected chi connectivity index (χ2v) is 6.27. The van der Waals surface area contributed by atoms with Crippen molar-refractivity contribution < 1.29 is 0 Å². The van der Waals surface area contributed by atoms with Crippen molar-refractivity contribution in [1.29, 1.82) is 0 Å². The molecule has 4 rings (SSSR count). The van der Waals surface area contributed by atoms with Gasteiger partial charge in [-0.2, -0.15) is 10.2 Å². The van der Waals surface area contributed by atoms with E-state index in [9.17, 15) is 0 Å². The lowest BCUT2D eigenvalue weighted by molar-refractivity contribution is 0.782. The Labute approximate surface area is 163 Å². The summed E-state index contributed by atoms with van der Waals surface area (Å²) in [6.07, 6.45) is 0. The van der Waals surface area contributed by atoms with E-state index >= 15 is 0 Å². The molecule has 8 N–H and O–H groups in total. The van der Waals surface area contributed by atoms with Crippen LogP contribution in [0.2, 0.25) is 0 Å². The van der Waals surface area contributed by atoms with E-state index in [2.05, 4.69) is 10.2 Å². The number of aromatic nitrogens is 4. The van der Waals surface area contributed by atoms with Gasteiger partial charge in [-0.25, -0.2) is 4.68 Å². The molecule has 8 heteroatoms. The van der Waals surface area contributed by atoms with Crippen molar-refractivity contribution in [2.24, 2.45) is 7.05 Å². The van der Waals surface area contributed by atoms with Crippen LogP contribution in [0.5, 0.6) is 0 Å². The molecule has 2 heterocycles. The van der Waals surface area contributed by atoms with Gasteiger partial charge < -0.3 is 22.9 Å². The topological polar surface area (TPSA) is 140 Å². The molecule has 2 aromatic carbocycles. The van der Waals surface area contributed by atoms with Crippen LogP contribution in [-0.2, 0) is 7.05 Å². The Morgan fingerprint density at radius 3 is 1.75 bits per heavy atom. The van der Waals surface area contributed by atoms with E-state index in [1.54, 1.807) is 16.4 Å². The number of hydrogen-bond donors (Lipinski definition) is 4. The van der Waals surface area contributed by atoms with Gasteiger partial charge in [0.05, 0.1) is 17.1 Å². The van der Waals surface area contributed by atoms with Gasteiger partial charge in [0.2, 0.25) is 0 Å². The average Bonchev–Trinajstić information content (AvgIpc) is 3.14. The lowest BCUT2D eigenvalue weighted by atomic mass is 10.1. The third-order valence-electron chi connectivity index (χ3n) is 4.32. The fraction of sp³-hybridized carbons (Fsp3) is 0.100. The Morgan fingerprint density at radius 1 is 0.714 bits per heavy atom. The zero-order chi connectivity index (χ0) is 20.3. The molecule has 0 saturated heterocycles. The molecule has 2 aromatic heterocycles. The van der Waals surface area contributed by atoms with Gasteiger partial charge in [0.15, 0.2) is 5.82 Å². The minimum atomic E-state index is 0.494. The summed E-state index contributed by atoms with van der Waals surface area (Å²) in [6.45, 7) is 1.84. The van der Waals surface area contributed by atoms with Crippen LogP contribution in [0, 0.1) is 6.92 Å². The predicted molar refractivity (Wildman–Crippen MR) is 115 cm³/mol. The van der Waals surface area contributed by atoms with E-state index < -0.39 is 0 Å². The summed E-state index contributed by atoms with van der Waals surface area (Å²) in [5.74, 6) is 0.998. The molecule has 0 aliphatic heterocycles. The molecule has 0 aliphatic rings. The molecule has 4 aromatic rings. The first kappa shape index (κ1) is 18.8. The highest BCUT2D eigenvalue weighted by Crippen LogP contribution is 2.28. The maximum atomic E-state index is 5.83. The normalized spacial score (nSPS) is 10.4. The molecule has 0 spiro atoms. The van der Waals surface area contributed by atoms with Crippen LogP contribution in [-0.4, -0.2) is 19.6 Å². The van der Waals surface area contributed by atoms with Crippen LogP contribution in [0.15, 0.2) is 60.7 Å². The molecule has 0 radical (unpaired) electrons. The van der Waals surface area contributed by atoms with E-state index in [1.165, 1.54) is 0 Å². The monoisotopic (exact) mass is 376 g/mol. The van der Waals surface area contributed by atoms with Gasteiger partial charge in [0.1, 0.15) is 17.2 Å². The Balaban J connectivity index is 0.000000161. The minimum Gasteiger partial charge on any atom is -0.394 e. The van der Waals surface area contributed by atoms with Crippen LogP contribution in [0.1, 0.15) is 5.69 Å². The highest BCUT2D eigenvalue weighted by Gasteiger charge is 2.11. The summed E-state index contributed by atoms with van der Waals surface area (Å²) in [5, 5.41) is 8.49. The van der Waals surface area contributed by atoms with Crippen molar-refractivity contribution in [2.45, 2.75) is 6.92 Å². The molecule has 8 nitrogen and oxygen atoms in total. The van der Waals surface area contributed by atoms with E-state index in [1.807, 2.05) is 67.6 Å². The fourth-order valence-electron chi connectivity index (χ4n) is 2.69. The number of benzene rings is 2. The van der Waals surface area contributed by atoms with Crippen molar-refractivity contribution in [1.82, 2.24) is 19.6 Å². The van der Waals surface area contributed by atoms with E-state index in [0.717, 1.165) is 22.6 Å². The molecular weight excluding hydrogens is 352 g/mol. The van der Waals surface area contributed by atoms with Crippen LogP contribution < -0.4 is 22.9 Å². The summed E-state index contributed by atoms with van der Waals surface area (Å²) < 4.78 is 3.22. The summed E-state index contributed by atoms with van der Waals surface area (Å²) >= 11 is 0. The summed E-state index contributed by atoms with van der Waals surface area (Å²) in [7, 11) is 1.78. The Bertz CT molecular complexity index is 977. The first-order valence-corrected chi connectivity index (χ1v) is 8.69. The van der Waals surface area contributed by atoms with Gasteiger partial charge in [-0.1, -0.05) is 48.5 Å². The largest absolute Gasteiger partial charge is 0.394 e. The van der Waals surface area contributed by atoms with Crippen LogP contribution in [0.3, 0.4) is 0 Å². The molecule has 0 saturated carbocycles. The lowest BCUT2D eigenvalue weighted by Crippen LogP contribution is -2.02. The molecule has 0 bridgehead atoms. The third-order valence-corrected chi connectivity index (χ3v) is 4.32. The van der Waals surface area contributed by atoms with Crippen molar-refractivity contribution >= 4 is 23.0 Å². The first-order valence-electron chi connectivity index (χ1n) is 8.69. The third kappa shape index (κ3) is 3.61. The van der Waals surface area contributed by atoms with Crippen molar-refractivity contribution in [3.8, 4) is 16.9 Å². The smallest absolute Gasteiger partial charge is 0.150 e. The van der Waals surface area contributed by atoms with E-state index in [-0.39, 0.29) is 0 Å². The SMILES string of the molecule is Cc1nn(-c2ccccc2)c(N)c1N.Cn1nc(-c2ccccc2)c(N)c1N. The average molecular weight is 376 g/mol. The number of hydrogen-bond acceptors (Lipinski definition) is 6. The number of para-hydroxylation sites is 1. The van der Waals surface area contributed by atoms with E-state index in [0.29, 0.717) is 23.0 Å². The Hall–Kier alpha value is -3.94. The predicted octanol–water partition coefficient (Wildman–Crippen LogP) is 2.60. The molecule has 0 fully saturated rings. The standard InChI is InChI=1S/2C10H12N4/c1-14-10(12)8(11)9(13-14)7-5-3-2-4-6-7;1-7-9(11)10(12)14(13-7)8-5-3-2-4-6-8/h2*2-6H,11-12H2,1H3. The first-order chi connectivity index (χ1) is 13.4. The second-order valence-electron chi connectivity index (χ2n) is 6.27. The molecule has 0 amide bonds. The number of aryl methyl sites for hydroxylation is 2. The molecule has 0 aliphatic carbocycles. The zero-order valence-corrected chi connectivity index (χ0v) is 15.9. The van der Waals surface area contributed by atoms with Crippen LogP contribution >= 0.6 is 0 Å². The second kappa shape index (κ2) is 7.75. The van der Waals surface area contributed by atoms with Gasteiger partial charge in [-0.05, 0) is 19.1 Å². The number of anilines is 4. The fourth-order valence-corrected chi connectivity index (χ4v) is 2.69.